The van der Waals surface area contributed by atoms with Gasteiger partial charge in [0.25, 0.3) is 0 Å². The Bertz CT molecular complexity index is 503. The molecule has 16 heavy (non-hydrogen) atoms. The minimum absolute atomic E-state index is 0.375. The Kier molecular flexibility index (Phi) is 3.02. The number of hydrogen-bond donors (Lipinski definition) is 1. The fourth-order valence-corrected chi connectivity index (χ4v) is 1.58. The van der Waals surface area contributed by atoms with Crippen LogP contribution in [0.1, 0.15) is 18.2 Å². The van der Waals surface area contributed by atoms with Crippen LogP contribution in [0, 0.1) is 11.3 Å². The van der Waals surface area contributed by atoms with E-state index in [2.05, 4.69) is 35.1 Å². The predicted molar refractivity (Wildman–Crippen MR) is 62.7 cm³/mol. The van der Waals surface area contributed by atoms with Crippen molar-refractivity contribution in [1.82, 2.24) is 9.97 Å². The molecule has 0 unspecified atom stereocenters. The van der Waals surface area contributed by atoms with Crippen molar-refractivity contribution in [3.8, 4) is 17.5 Å². The molecule has 0 amide bonds. The number of benzene rings is 1. The predicted octanol–water partition coefficient (Wildman–Crippen LogP) is 2.71. The normalized spacial score (nSPS) is 10.0. The van der Waals surface area contributed by atoms with Crippen LogP contribution in [0.5, 0.6) is 0 Å². The molecule has 0 atom stereocenters. The lowest BCUT2D eigenvalue weighted by molar-refractivity contribution is 1.14. The van der Waals surface area contributed by atoms with E-state index >= 15 is 0 Å². The van der Waals surface area contributed by atoms with Gasteiger partial charge in [0.2, 0.25) is 0 Å². The molecule has 3 nitrogen and oxygen atoms in total. The maximum Gasteiger partial charge on any atom is 0.137 e. The molecule has 2 rings (SSSR count). The fraction of sp³-hybridized carbons (Fsp3) is 0.231. The summed E-state index contributed by atoms with van der Waals surface area (Å²) in [6, 6.07) is 10.4. The lowest BCUT2D eigenvalue weighted by Crippen LogP contribution is -1.84. The van der Waals surface area contributed by atoms with Gasteiger partial charge in [0.05, 0.1) is 12.5 Å². The zero-order valence-electron chi connectivity index (χ0n) is 9.20. The van der Waals surface area contributed by atoms with Crippen molar-refractivity contribution < 1.29 is 0 Å². The van der Waals surface area contributed by atoms with Crippen LogP contribution in [0.4, 0.5) is 0 Å². The molecule has 0 aliphatic rings. The Morgan fingerprint density at radius 2 is 2.06 bits per heavy atom. The van der Waals surface area contributed by atoms with E-state index in [4.69, 9.17) is 5.26 Å². The first-order chi connectivity index (χ1) is 7.83. The summed E-state index contributed by atoms with van der Waals surface area (Å²) in [5.74, 6) is 0.827. The van der Waals surface area contributed by atoms with Gasteiger partial charge in [0.1, 0.15) is 5.82 Å². The second-order valence-corrected chi connectivity index (χ2v) is 3.64. The molecule has 1 aromatic heterocycles. The average molecular weight is 211 g/mol. The first-order valence-corrected chi connectivity index (χ1v) is 5.33. The van der Waals surface area contributed by atoms with Gasteiger partial charge >= 0.3 is 0 Å². The minimum atomic E-state index is 0.375. The number of aryl methyl sites for hydroxylation is 1. The molecule has 0 aliphatic carbocycles. The number of aromatic nitrogens is 2. The van der Waals surface area contributed by atoms with Gasteiger partial charge in [0, 0.05) is 17.5 Å². The summed E-state index contributed by atoms with van der Waals surface area (Å²) in [6.07, 6.45) is 3.13. The first kappa shape index (κ1) is 10.4. The number of nitriles is 1. The van der Waals surface area contributed by atoms with Gasteiger partial charge in [-0.15, -0.1) is 0 Å². The molecule has 1 aromatic carbocycles. The van der Waals surface area contributed by atoms with Crippen LogP contribution in [-0.2, 0) is 12.8 Å². The van der Waals surface area contributed by atoms with Crippen molar-refractivity contribution in [2.75, 3.05) is 0 Å². The zero-order chi connectivity index (χ0) is 11.4. The fourth-order valence-electron chi connectivity index (χ4n) is 1.58. The molecule has 1 N–H and O–H groups in total. The second kappa shape index (κ2) is 4.63. The molecule has 3 heteroatoms. The van der Waals surface area contributed by atoms with Crippen molar-refractivity contribution in [1.29, 1.82) is 5.26 Å². The lowest BCUT2D eigenvalue weighted by Gasteiger charge is -1.99. The third kappa shape index (κ3) is 2.12. The summed E-state index contributed by atoms with van der Waals surface area (Å²) in [6.45, 7) is 2.13. The van der Waals surface area contributed by atoms with Gasteiger partial charge in [-0.05, 0) is 12.0 Å². The van der Waals surface area contributed by atoms with Gasteiger partial charge in [-0.2, -0.15) is 5.26 Å². The van der Waals surface area contributed by atoms with Crippen LogP contribution >= 0.6 is 0 Å². The molecule has 1 heterocycles. The van der Waals surface area contributed by atoms with Gasteiger partial charge < -0.3 is 4.98 Å². The maximum atomic E-state index is 8.57. The Morgan fingerprint density at radius 1 is 1.31 bits per heavy atom. The van der Waals surface area contributed by atoms with Crippen molar-refractivity contribution in [3.63, 3.8) is 0 Å². The molecule has 80 valence electrons. The maximum absolute atomic E-state index is 8.57. The molecule has 0 fully saturated rings. The number of nitrogens with one attached hydrogen (secondary N) is 1. The molecular weight excluding hydrogens is 198 g/mol. The van der Waals surface area contributed by atoms with Crippen molar-refractivity contribution in [2.45, 2.75) is 19.8 Å². The zero-order valence-corrected chi connectivity index (χ0v) is 9.20. The highest BCUT2D eigenvalue weighted by molar-refractivity contribution is 5.55. The van der Waals surface area contributed by atoms with E-state index in [0.717, 1.165) is 23.5 Å². The molecule has 0 bridgehead atoms. The summed E-state index contributed by atoms with van der Waals surface area (Å²) >= 11 is 0. The molecule has 2 aromatic rings. The van der Waals surface area contributed by atoms with Crippen molar-refractivity contribution >= 4 is 0 Å². The first-order valence-electron chi connectivity index (χ1n) is 5.33. The number of hydrogen-bond acceptors (Lipinski definition) is 2. The minimum Gasteiger partial charge on any atom is -0.341 e. The smallest absolute Gasteiger partial charge is 0.137 e. The van der Waals surface area contributed by atoms with Crippen LogP contribution in [0.3, 0.4) is 0 Å². The van der Waals surface area contributed by atoms with Crippen molar-refractivity contribution in [3.05, 3.63) is 41.7 Å². The van der Waals surface area contributed by atoms with E-state index in [1.165, 1.54) is 5.56 Å². The van der Waals surface area contributed by atoms with Crippen LogP contribution in [0.2, 0.25) is 0 Å². The number of imidazole rings is 1. The van der Waals surface area contributed by atoms with E-state index in [0.29, 0.717) is 6.42 Å². The number of H-pyrrole nitrogens is 1. The number of rotatable bonds is 3. The molecule has 0 radical (unpaired) electrons. The molecule has 0 spiro atoms. The largest absolute Gasteiger partial charge is 0.341 e. The van der Waals surface area contributed by atoms with Crippen molar-refractivity contribution in [2.24, 2.45) is 0 Å². The summed E-state index contributed by atoms with van der Waals surface area (Å²) < 4.78 is 0. The summed E-state index contributed by atoms with van der Waals surface area (Å²) in [7, 11) is 0. The standard InChI is InChI=1S/C13H13N3/c1-2-10-3-5-11(6-4-10)13-15-9-12(16-13)7-8-14/h3-6,9H,2,7H2,1H3,(H,15,16). The molecule has 0 aliphatic heterocycles. The number of aromatic amines is 1. The van der Waals surface area contributed by atoms with Gasteiger partial charge in [-0.3, -0.25) is 0 Å². The van der Waals surface area contributed by atoms with Gasteiger partial charge in [-0.1, -0.05) is 31.2 Å². The summed E-state index contributed by atoms with van der Waals surface area (Å²) in [4.78, 5) is 7.39. The quantitative estimate of drug-likeness (QED) is 0.848. The Hall–Kier alpha value is -2.08. The van der Waals surface area contributed by atoms with Crippen LogP contribution in [0.15, 0.2) is 30.5 Å². The van der Waals surface area contributed by atoms with Crippen LogP contribution in [-0.4, -0.2) is 9.97 Å². The highest BCUT2D eigenvalue weighted by atomic mass is 14.9. The topological polar surface area (TPSA) is 52.5 Å². The monoisotopic (exact) mass is 211 g/mol. The molecule has 0 saturated heterocycles. The van der Waals surface area contributed by atoms with E-state index in [9.17, 15) is 0 Å². The Labute approximate surface area is 94.8 Å². The van der Waals surface area contributed by atoms with E-state index in [1.807, 2.05) is 12.1 Å². The Morgan fingerprint density at radius 3 is 2.69 bits per heavy atom. The third-order valence-electron chi connectivity index (χ3n) is 2.53. The van der Waals surface area contributed by atoms with Gasteiger partial charge in [-0.25, -0.2) is 4.98 Å². The summed E-state index contributed by atoms with van der Waals surface area (Å²) in [5, 5.41) is 8.57. The van der Waals surface area contributed by atoms with E-state index in [-0.39, 0.29) is 0 Å². The molecular formula is C13H13N3. The molecule has 0 saturated carbocycles. The SMILES string of the molecule is CCc1ccc(-c2ncc(CC#N)[nH]2)cc1. The van der Waals surface area contributed by atoms with E-state index in [1.54, 1.807) is 6.20 Å². The number of nitrogens with zero attached hydrogens (tertiary/aromatic N) is 2. The Balaban J connectivity index is 2.25. The third-order valence-corrected chi connectivity index (χ3v) is 2.53. The van der Waals surface area contributed by atoms with Crippen LogP contribution < -0.4 is 0 Å². The highest BCUT2D eigenvalue weighted by Gasteiger charge is 2.02. The lowest BCUT2D eigenvalue weighted by atomic mass is 10.1. The second-order valence-electron chi connectivity index (χ2n) is 3.64. The van der Waals surface area contributed by atoms with E-state index < -0.39 is 0 Å². The van der Waals surface area contributed by atoms with Crippen LogP contribution in [0.25, 0.3) is 11.4 Å². The summed E-state index contributed by atoms with van der Waals surface area (Å²) in [5.41, 5.74) is 3.23. The average Bonchev–Trinajstić information content (AvgIpc) is 2.78. The van der Waals surface area contributed by atoms with Gasteiger partial charge in [0.15, 0.2) is 0 Å². The highest BCUT2D eigenvalue weighted by Crippen LogP contribution is 2.16.